The average molecular weight is 182 g/mol. The van der Waals surface area contributed by atoms with Crippen LogP contribution in [0, 0.1) is 16.7 Å². The van der Waals surface area contributed by atoms with Gasteiger partial charge in [0.1, 0.15) is 5.60 Å². The molecule has 2 heteroatoms. The molecular formula is C11H18O2. The SMILES string of the molecule is CC1(C)C2CCC3(COCC31O)C2. The molecule has 0 aromatic heterocycles. The van der Waals surface area contributed by atoms with Crippen LogP contribution < -0.4 is 0 Å². The minimum atomic E-state index is -0.525. The molecule has 3 rings (SSSR count). The van der Waals surface area contributed by atoms with Gasteiger partial charge in [0.2, 0.25) is 0 Å². The Morgan fingerprint density at radius 1 is 1.31 bits per heavy atom. The van der Waals surface area contributed by atoms with Gasteiger partial charge in [-0.05, 0) is 30.6 Å². The molecule has 2 nitrogen and oxygen atoms in total. The largest absolute Gasteiger partial charge is 0.386 e. The predicted molar refractivity (Wildman–Crippen MR) is 49.3 cm³/mol. The summed E-state index contributed by atoms with van der Waals surface area (Å²) in [7, 11) is 0. The zero-order valence-corrected chi connectivity index (χ0v) is 8.47. The Morgan fingerprint density at radius 3 is 2.77 bits per heavy atom. The highest BCUT2D eigenvalue weighted by Gasteiger charge is 2.72. The lowest BCUT2D eigenvalue weighted by Crippen LogP contribution is -2.54. The summed E-state index contributed by atoms with van der Waals surface area (Å²) in [5.41, 5.74) is -0.328. The first kappa shape index (κ1) is 8.25. The van der Waals surface area contributed by atoms with Crippen LogP contribution in [0.15, 0.2) is 0 Å². The lowest BCUT2D eigenvalue weighted by atomic mass is 9.61. The van der Waals surface area contributed by atoms with Crippen molar-refractivity contribution in [3.05, 3.63) is 0 Å². The van der Waals surface area contributed by atoms with Crippen molar-refractivity contribution >= 4 is 0 Å². The molecule has 1 N–H and O–H groups in total. The topological polar surface area (TPSA) is 29.5 Å². The van der Waals surface area contributed by atoms with Crippen molar-refractivity contribution in [1.82, 2.24) is 0 Å². The highest BCUT2D eigenvalue weighted by atomic mass is 16.5. The van der Waals surface area contributed by atoms with E-state index in [9.17, 15) is 5.11 Å². The summed E-state index contributed by atoms with van der Waals surface area (Å²) < 4.78 is 5.52. The molecule has 1 aliphatic heterocycles. The van der Waals surface area contributed by atoms with Crippen molar-refractivity contribution in [3.63, 3.8) is 0 Å². The van der Waals surface area contributed by atoms with Crippen molar-refractivity contribution in [2.75, 3.05) is 13.2 Å². The fourth-order valence-corrected chi connectivity index (χ4v) is 4.12. The van der Waals surface area contributed by atoms with Gasteiger partial charge in [0.05, 0.1) is 13.2 Å². The van der Waals surface area contributed by atoms with E-state index >= 15 is 0 Å². The van der Waals surface area contributed by atoms with Crippen LogP contribution in [0.1, 0.15) is 33.1 Å². The van der Waals surface area contributed by atoms with E-state index in [0.29, 0.717) is 6.61 Å². The zero-order chi connectivity index (χ0) is 9.32. The molecule has 0 aromatic rings. The molecule has 1 heterocycles. The highest BCUT2D eigenvalue weighted by Crippen LogP contribution is 2.70. The quantitative estimate of drug-likeness (QED) is 0.616. The van der Waals surface area contributed by atoms with Crippen LogP contribution >= 0.6 is 0 Å². The Labute approximate surface area is 79.3 Å². The summed E-state index contributed by atoms with van der Waals surface area (Å²) in [5, 5.41) is 10.7. The van der Waals surface area contributed by atoms with E-state index < -0.39 is 5.60 Å². The average Bonchev–Trinajstić information content (AvgIpc) is 2.64. The van der Waals surface area contributed by atoms with E-state index in [0.717, 1.165) is 12.5 Å². The first-order valence-electron chi connectivity index (χ1n) is 5.32. The number of aliphatic hydroxyl groups is 1. The normalized spacial score (nSPS) is 57.0. The van der Waals surface area contributed by atoms with Gasteiger partial charge < -0.3 is 9.84 Å². The minimum absolute atomic E-state index is 0.0712. The molecule has 0 aromatic carbocycles. The molecular weight excluding hydrogens is 164 g/mol. The van der Waals surface area contributed by atoms with Crippen LogP contribution in [0.5, 0.6) is 0 Å². The van der Waals surface area contributed by atoms with Crippen LogP contribution in [0.4, 0.5) is 0 Å². The van der Waals surface area contributed by atoms with Gasteiger partial charge in [-0.1, -0.05) is 13.8 Å². The fraction of sp³-hybridized carbons (Fsp3) is 1.00. The van der Waals surface area contributed by atoms with E-state index in [-0.39, 0.29) is 10.8 Å². The maximum Gasteiger partial charge on any atom is 0.101 e. The summed E-state index contributed by atoms with van der Waals surface area (Å²) >= 11 is 0. The molecule has 3 unspecified atom stereocenters. The predicted octanol–water partition coefficient (Wildman–Crippen LogP) is 1.57. The maximum atomic E-state index is 10.7. The van der Waals surface area contributed by atoms with Crippen LogP contribution in [0.2, 0.25) is 0 Å². The number of hydrogen-bond acceptors (Lipinski definition) is 2. The second-order valence-corrected chi connectivity index (χ2v) is 5.79. The molecule has 1 spiro atoms. The highest BCUT2D eigenvalue weighted by molar-refractivity contribution is 5.21. The van der Waals surface area contributed by atoms with E-state index in [1.807, 2.05) is 0 Å². The fourth-order valence-electron chi connectivity index (χ4n) is 4.12. The summed E-state index contributed by atoms with van der Waals surface area (Å²) in [6, 6.07) is 0. The Balaban J connectivity index is 2.14. The molecule has 74 valence electrons. The van der Waals surface area contributed by atoms with Gasteiger partial charge in [0, 0.05) is 5.41 Å². The lowest BCUT2D eigenvalue weighted by molar-refractivity contribution is -0.123. The Morgan fingerprint density at radius 2 is 2.08 bits per heavy atom. The summed E-state index contributed by atoms with van der Waals surface area (Å²) in [6.07, 6.45) is 3.66. The van der Waals surface area contributed by atoms with Crippen LogP contribution in [-0.4, -0.2) is 23.9 Å². The third-order valence-electron chi connectivity index (χ3n) is 5.26. The molecule has 1 saturated heterocycles. The van der Waals surface area contributed by atoms with Gasteiger partial charge in [-0.25, -0.2) is 0 Å². The molecule has 0 amide bonds. The summed E-state index contributed by atoms with van der Waals surface area (Å²) in [4.78, 5) is 0. The summed E-state index contributed by atoms with van der Waals surface area (Å²) in [5.74, 6) is 0.724. The first-order valence-corrected chi connectivity index (χ1v) is 5.32. The standard InChI is InChI=1S/C11H18O2/c1-9(2)8-3-4-10(5-8)6-13-7-11(9,10)12/h8,12H,3-7H2,1-2H3. The zero-order valence-electron chi connectivity index (χ0n) is 8.47. The van der Waals surface area contributed by atoms with Gasteiger partial charge in [-0.2, -0.15) is 0 Å². The molecule has 3 atom stereocenters. The second-order valence-electron chi connectivity index (χ2n) is 5.79. The molecule has 2 aliphatic carbocycles. The van der Waals surface area contributed by atoms with Crippen LogP contribution in [0.3, 0.4) is 0 Å². The maximum absolute atomic E-state index is 10.7. The Bertz CT molecular complexity index is 257. The van der Waals surface area contributed by atoms with Crippen molar-refractivity contribution in [1.29, 1.82) is 0 Å². The Hall–Kier alpha value is -0.0800. The van der Waals surface area contributed by atoms with E-state index in [4.69, 9.17) is 4.74 Å². The lowest BCUT2D eigenvalue weighted by Gasteiger charge is -2.46. The first-order chi connectivity index (χ1) is 6.02. The molecule has 2 bridgehead atoms. The van der Waals surface area contributed by atoms with E-state index in [2.05, 4.69) is 13.8 Å². The molecule has 2 saturated carbocycles. The van der Waals surface area contributed by atoms with Gasteiger partial charge in [-0.3, -0.25) is 0 Å². The molecule has 13 heavy (non-hydrogen) atoms. The van der Waals surface area contributed by atoms with Crippen LogP contribution in [0.25, 0.3) is 0 Å². The monoisotopic (exact) mass is 182 g/mol. The molecule has 0 radical (unpaired) electrons. The van der Waals surface area contributed by atoms with Gasteiger partial charge in [0.25, 0.3) is 0 Å². The molecule has 3 fully saturated rings. The smallest absolute Gasteiger partial charge is 0.101 e. The Kier molecular flexibility index (Phi) is 1.24. The van der Waals surface area contributed by atoms with E-state index in [1.165, 1.54) is 19.3 Å². The number of fused-ring (bicyclic) bond motifs is 1. The number of rotatable bonds is 0. The third kappa shape index (κ3) is 0.637. The molecule has 3 aliphatic rings. The van der Waals surface area contributed by atoms with Crippen molar-refractivity contribution in [3.8, 4) is 0 Å². The van der Waals surface area contributed by atoms with E-state index in [1.54, 1.807) is 0 Å². The van der Waals surface area contributed by atoms with Gasteiger partial charge >= 0.3 is 0 Å². The third-order valence-corrected chi connectivity index (χ3v) is 5.26. The van der Waals surface area contributed by atoms with Crippen molar-refractivity contribution in [2.45, 2.75) is 38.7 Å². The van der Waals surface area contributed by atoms with Gasteiger partial charge in [-0.15, -0.1) is 0 Å². The summed E-state index contributed by atoms with van der Waals surface area (Å²) in [6.45, 7) is 5.79. The second kappa shape index (κ2) is 1.96. The number of hydrogen-bond donors (Lipinski definition) is 1. The van der Waals surface area contributed by atoms with Crippen LogP contribution in [-0.2, 0) is 4.74 Å². The van der Waals surface area contributed by atoms with Crippen molar-refractivity contribution < 1.29 is 9.84 Å². The van der Waals surface area contributed by atoms with Crippen molar-refractivity contribution in [2.24, 2.45) is 16.7 Å². The number of ether oxygens (including phenoxy) is 1. The van der Waals surface area contributed by atoms with Gasteiger partial charge in [0.15, 0.2) is 0 Å². The minimum Gasteiger partial charge on any atom is -0.386 e.